The number of aliphatic hydroxyl groups excluding tert-OH is 3. The van der Waals surface area contributed by atoms with E-state index in [4.69, 9.17) is 18.9 Å². The third-order valence-electron chi connectivity index (χ3n) is 5.07. The molecule has 3 N–H and O–H groups in total. The van der Waals surface area contributed by atoms with E-state index < -0.39 is 36.9 Å². The number of hydrogen-bond donors (Lipinski definition) is 3. The van der Waals surface area contributed by atoms with E-state index in [2.05, 4.69) is 4.74 Å². The molecule has 5 atom stereocenters. The van der Waals surface area contributed by atoms with E-state index in [0.29, 0.717) is 12.2 Å². The van der Waals surface area contributed by atoms with Gasteiger partial charge in [-0.2, -0.15) is 0 Å². The lowest BCUT2D eigenvalue weighted by atomic mass is 9.99. The summed E-state index contributed by atoms with van der Waals surface area (Å²) >= 11 is 0. The number of carbonyl (C=O) groups excluding carboxylic acids is 1. The standard InChI is InChI=1S/C23H28O9/c1-3-29-23(27)30-13-18-19(24)20(25)21(26)22(32-18)31-17-7-5-4-6-15(17)12-14-8-10-16(28-2)11-9-14/h4-11,18-22,24-26H,3,12-13H2,1-2H3/t18-,19-,20+,21-,22+/m1/s1. The highest BCUT2D eigenvalue weighted by Crippen LogP contribution is 2.28. The van der Waals surface area contributed by atoms with Crippen LogP contribution in [0.4, 0.5) is 4.79 Å². The predicted molar refractivity (Wildman–Crippen MR) is 113 cm³/mol. The topological polar surface area (TPSA) is 124 Å². The van der Waals surface area contributed by atoms with Crippen LogP contribution < -0.4 is 9.47 Å². The second-order valence-electron chi connectivity index (χ2n) is 7.26. The zero-order valence-corrected chi connectivity index (χ0v) is 17.9. The van der Waals surface area contributed by atoms with Crippen LogP contribution in [0.5, 0.6) is 11.5 Å². The van der Waals surface area contributed by atoms with Crippen LogP contribution in [0, 0.1) is 0 Å². The first kappa shape index (κ1) is 23.8. The molecule has 9 heteroatoms. The summed E-state index contributed by atoms with van der Waals surface area (Å²) in [4.78, 5) is 11.4. The lowest BCUT2D eigenvalue weighted by molar-refractivity contribution is -0.278. The SMILES string of the molecule is CCOC(=O)OC[C@H]1O[C@H](Oc2ccccc2Cc2ccc(OC)cc2)[C@H](O)[C@@H](O)[C@@H]1O. The van der Waals surface area contributed by atoms with Gasteiger partial charge in [0.15, 0.2) is 0 Å². The lowest BCUT2D eigenvalue weighted by Gasteiger charge is -2.40. The molecule has 1 saturated heterocycles. The summed E-state index contributed by atoms with van der Waals surface area (Å²) in [6, 6.07) is 14.8. The minimum absolute atomic E-state index is 0.130. The van der Waals surface area contributed by atoms with Crippen molar-refractivity contribution in [2.24, 2.45) is 0 Å². The summed E-state index contributed by atoms with van der Waals surface area (Å²) in [6.45, 7) is 1.38. The van der Waals surface area contributed by atoms with Crippen molar-refractivity contribution in [3.05, 3.63) is 59.7 Å². The summed E-state index contributed by atoms with van der Waals surface area (Å²) in [5.41, 5.74) is 1.84. The third kappa shape index (κ3) is 5.89. The molecule has 1 heterocycles. The summed E-state index contributed by atoms with van der Waals surface area (Å²) in [6.07, 6.45) is -7.34. The van der Waals surface area contributed by atoms with Gasteiger partial charge in [0.1, 0.15) is 42.5 Å². The van der Waals surface area contributed by atoms with Crippen LogP contribution in [-0.2, 0) is 20.6 Å². The van der Waals surface area contributed by atoms with Gasteiger partial charge in [0.25, 0.3) is 0 Å². The number of hydrogen-bond acceptors (Lipinski definition) is 9. The van der Waals surface area contributed by atoms with E-state index in [1.54, 1.807) is 26.2 Å². The number of benzene rings is 2. The van der Waals surface area contributed by atoms with Gasteiger partial charge >= 0.3 is 6.16 Å². The van der Waals surface area contributed by atoms with E-state index in [1.165, 1.54) is 0 Å². The first-order valence-electron chi connectivity index (χ1n) is 10.3. The quantitative estimate of drug-likeness (QED) is 0.517. The van der Waals surface area contributed by atoms with E-state index in [9.17, 15) is 20.1 Å². The van der Waals surface area contributed by atoms with Gasteiger partial charge < -0.3 is 39.0 Å². The molecule has 9 nitrogen and oxygen atoms in total. The molecule has 2 aromatic carbocycles. The molecule has 3 rings (SSSR count). The predicted octanol–water partition coefficient (Wildman–Crippen LogP) is 1.65. The largest absolute Gasteiger partial charge is 0.508 e. The van der Waals surface area contributed by atoms with Crippen molar-refractivity contribution in [2.75, 3.05) is 20.3 Å². The Balaban J connectivity index is 1.71. The van der Waals surface area contributed by atoms with Gasteiger partial charge in [-0.3, -0.25) is 0 Å². The fraction of sp³-hybridized carbons (Fsp3) is 0.435. The smallest absolute Gasteiger partial charge is 0.497 e. The number of rotatable bonds is 8. The Morgan fingerprint density at radius 1 is 0.969 bits per heavy atom. The van der Waals surface area contributed by atoms with Crippen LogP contribution in [0.3, 0.4) is 0 Å². The molecule has 0 bridgehead atoms. The van der Waals surface area contributed by atoms with E-state index >= 15 is 0 Å². The zero-order chi connectivity index (χ0) is 23.1. The van der Waals surface area contributed by atoms with Crippen molar-refractivity contribution in [1.29, 1.82) is 0 Å². The van der Waals surface area contributed by atoms with Crippen molar-refractivity contribution >= 4 is 6.16 Å². The van der Waals surface area contributed by atoms with Crippen LogP contribution in [0.1, 0.15) is 18.1 Å². The van der Waals surface area contributed by atoms with Crippen molar-refractivity contribution in [3.63, 3.8) is 0 Å². The van der Waals surface area contributed by atoms with E-state index in [-0.39, 0.29) is 13.2 Å². The van der Waals surface area contributed by atoms with Gasteiger partial charge in [0.2, 0.25) is 6.29 Å². The maximum absolute atomic E-state index is 11.4. The average Bonchev–Trinajstić information content (AvgIpc) is 2.80. The molecule has 0 unspecified atom stereocenters. The summed E-state index contributed by atoms with van der Waals surface area (Å²) in [5, 5.41) is 30.8. The van der Waals surface area contributed by atoms with Crippen LogP contribution in [-0.4, -0.2) is 72.5 Å². The number of aliphatic hydroxyl groups is 3. The first-order valence-corrected chi connectivity index (χ1v) is 10.3. The molecule has 1 aliphatic rings. The normalized spacial score (nSPS) is 25.1. The number of ether oxygens (including phenoxy) is 5. The maximum atomic E-state index is 11.4. The molecule has 1 fully saturated rings. The second kappa shape index (κ2) is 11.1. The van der Waals surface area contributed by atoms with Gasteiger partial charge in [0.05, 0.1) is 13.7 Å². The molecule has 2 aromatic rings. The lowest BCUT2D eigenvalue weighted by Crippen LogP contribution is -2.60. The Kier molecular flexibility index (Phi) is 8.29. The Labute approximate surface area is 186 Å². The van der Waals surface area contributed by atoms with E-state index in [1.807, 2.05) is 36.4 Å². The summed E-state index contributed by atoms with van der Waals surface area (Å²) in [7, 11) is 1.60. The fourth-order valence-corrected chi connectivity index (χ4v) is 3.31. The highest BCUT2D eigenvalue weighted by atomic mass is 16.7. The van der Waals surface area contributed by atoms with Crippen molar-refractivity contribution in [2.45, 2.75) is 44.1 Å². The van der Waals surface area contributed by atoms with Gasteiger partial charge in [-0.15, -0.1) is 0 Å². The highest BCUT2D eigenvalue weighted by molar-refractivity contribution is 5.59. The van der Waals surface area contributed by atoms with Crippen molar-refractivity contribution < 1.29 is 43.8 Å². The average molecular weight is 448 g/mol. The molecule has 1 aliphatic heterocycles. The Bertz CT molecular complexity index is 870. The molecule has 0 aromatic heterocycles. The number of methoxy groups -OCH3 is 1. The maximum Gasteiger partial charge on any atom is 0.508 e. The van der Waals surface area contributed by atoms with Gasteiger partial charge in [-0.05, 0) is 36.2 Å². The molecule has 0 saturated carbocycles. The molecular weight excluding hydrogens is 420 g/mol. The Hall–Kier alpha value is -2.85. The van der Waals surface area contributed by atoms with Gasteiger partial charge in [0, 0.05) is 6.42 Å². The molecule has 174 valence electrons. The van der Waals surface area contributed by atoms with Crippen LogP contribution in [0.15, 0.2) is 48.5 Å². The summed E-state index contributed by atoms with van der Waals surface area (Å²) in [5.74, 6) is 1.20. The molecule has 0 aliphatic carbocycles. The molecular formula is C23H28O9. The highest BCUT2D eigenvalue weighted by Gasteiger charge is 2.45. The van der Waals surface area contributed by atoms with Gasteiger partial charge in [-0.25, -0.2) is 4.79 Å². The second-order valence-corrected chi connectivity index (χ2v) is 7.26. The summed E-state index contributed by atoms with van der Waals surface area (Å²) < 4.78 is 26.2. The van der Waals surface area contributed by atoms with Crippen molar-refractivity contribution in [3.8, 4) is 11.5 Å². The number of para-hydroxylation sites is 1. The molecule has 0 amide bonds. The Morgan fingerprint density at radius 3 is 2.38 bits per heavy atom. The van der Waals surface area contributed by atoms with Gasteiger partial charge in [-0.1, -0.05) is 30.3 Å². The van der Waals surface area contributed by atoms with Crippen molar-refractivity contribution in [1.82, 2.24) is 0 Å². The van der Waals surface area contributed by atoms with Crippen LogP contribution in [0.2, 0.25) is 0 Å². The monoisotopic (exact) mass is 448 g/mol. The zero-order valence-electron chi connectivity index (χ0n) is 17.9. The first-order chi connectivity index (χ1) is 15.4. The molecule has 0 radical (unpaired) electrons. The molecule has 0 spiro atoms. The molecule has 32 heavy (non-hydrogen) atoms. The fourth-order valence-electron chi connectivity index (χ4n) is 3.31. The Morgan fingerprint density at radius 2 is 1.69 bits per heavy atom. The van der Waals surface area contributed by atoms with Crippen LogP contribution in [0.25, 0.3) is 0 Å². The third-order valence-corrected chi connectivity index (χ3v) is 5.07. The minimum Gasteiger partial charge on any atom is -0.497 e. The van der Waals surface area contributed by atoms with E-state index in [0.717, 1.165) is 16.9 Å². The minimum atomic E-state index is -1.56. The number of carbonyl (C=O) groups is 1. The van der Waals surface area contributed by atoms with Crippen LogP contribution >= 0.6 is 0 Å².